The van der Waals surface area contributed by atoms with Crippen molar-refractivity contribution < 1.29 is 4.74 Å². The van der Waals surface area contributed by atoms with Crippen LogP contribution in [0, 0.1) is 0 Å². The molecule has 0 heterocycles. The molecule has 0 aromatic heterocycles. The summed E-state index contributed by atoms with van der Waals surface area (Å²) in [6.45, 7) is 2.03. The Morgan fingerprint density at radius 2 is 1.81 bits per heavy atom. The van der Waals surface area contributed by atoms with Crippen LogP contribution in [0.25, 0.3) is 0 Å². The maximum atomic E-state index is 5.80. The predicted molar refractivity (Wildman–Crippen MR) is 88.5 cm³/mol. The van der Waals surface area contributed by atoms with Crippen LogP contribution < -0.4 is 10.5 Å². The van der Waals surface area contributed by atoms with Gasteiger partial charge in [-0.05, 0) is 61.8 Å². The summed E-state index contributed by atoms with van der Waals surface area (Å²) in [5, 5.41) is 0. The minimum absolute atomic E-state index is 0.846. The second-order valence-electron chi connectivity index (χ2n) is 5.43. The Morgan fingerprint density at radius 1 is 1.05 bits per heavy atom. The smallest absolute Gasteiger partial charge is 0.118 e. The van der Waals surface area contributed by atoms with Crippen LogP contribution in [0.15, 0.2) is 48.5 Å². The summed E-state index contributed by atoms with van der Waals surface area (Å²) >= 11 is 0. The fraction of sp³-hybridized carbons (Fsp3) is 0.333. The molecule has 2 aromatic rings. The number of anilines is 1. The summed E-state index contributed by atoms with van der Waals surface area (Å²) in [4.78, 5) is 2.34. The van der Waals surface area contributed by atoms with E-state index in [-0.39, 0.29) is 0 Å². The highest BCUT2D eigenvalue weighted by atomic mass is 16.5. The maximum Gasteiger partial charge on any atom is 0.118 e. The van der Waals surface area contributed by atoms with Gasteiger partial charge in [0.1, 0.15) is 5.75 Å². The van der Waals surface area contributed by atoms with Gasteiger partial charge in [0.2, 0.25) is 0 Å². The fourth-order valence-corrected chi connectivity index (χ4v) is 2.42. The van der Waals surface area contributed by atoms with Crippen LogP contribution >= 0.6 is 0 Å². The van der Waals surface area contributed by atoms with E-state index in [0.717, 1.165) is 37.4 Å². The average molecular weight is 284 g/mol. The molecule has 0 atom stereocenters. The van der Waals surface area contributed by atoms with E-state index in [0.29, 0.717) is 0 Å². The minimum Gasteiger partial charge on any atom is -0.497 e. The Kier molecular flexibility index (Phi) is 5.64. The fourth-order valence-electron chi connectivity index (χ4n) is 2.42. The molecular formula is C18H24N2O. The molecular weight excluding hydrogens is 260 g/mol. The second kappa shape index (κ2) is 7.70. The van der Waals surface area contributed by atoms with Gasteiger partial charge in [-0.3, -0.25) is 0 Å². The topological polar surface area (TPSA) is 38.5 Å². The van der Waals surface area contributed by atoms with Crippen LogP contribution in [0.1, 0.15) is 17.5 Å². The van der Waals surface area contributed by atoms with E-state index in [9.17, 15) is 0 Å². The lowest BCUT2D eigenvalue weighted by atomic mass is 10.1. The van der Waals surface area contributed by atoms with E-state index in [1.165, 1.54) is 11.1 Å². The zero-order chi connectivity index (χ0) is 15.1. The summed E-state index contributed by atoms with van der Waals surface area (Å²) < 4.78 is 5.17. The summed E-state index contributed by atoms with van der Waals surface area (Å²) in [5.74, 6) is 0.906. The van der Waals surface area contributed by atoms with Crippen LogP contribution in [-0.4, -0.2) is 25.6 Å². The van der Waals surface area contributed by atoms with Crippen molar-refractivity contribution in [2.75, 3.05) is 26.4 Å². The molecule has 0 aliphatic rings. The molecule has 0 unspecified atom stereocenters. The van der Waals surface area contributed by atoms with Crippen LogP contribution in [-0.2, 0) is 13.0 Å². The first kappa shape index (κ1) is 15.4. The first-order chi connectivity index (χ1) is 10.2. The van der Waals surface area contributed by atoms with E-state index in [2.05, 4.69) is 36.2 Å². The number of hydrogen-bond donors (Lipinski definition) is 1. The van der Waals surface area contributed by atoms with Gasteiger partial charge in [0.15, 0.2) is 0 Å². The molecule has 0 fully saturated rings. The van der Waals surface area contributed by atoms with Gasteiger partial charge in [-0.2, -0.15) is 0 Å². The zero-order valence-corrected chi connectivity index (χ0v) is 12.9. The third kappa shape index (κ3) is 5.12. The molecule has 2 N–H and O–H groups in total. The number of aryl methyl sites for hydroxylation is 1. The summed E-state index contributed by atoms with van der Waals surface area (Å²) in [6, 6.07) is 16.4. The highest BCUT2D eigenvalue weighted by molar-refractivity contribution is 5.40. The van der Waals surface area contributed by atoms with Gasteiger partial charge >= 0.3 is 0 Å². The predicted octanol–water partition coefficient (Wildman–Crippen LogP) is 3.34. The number of nitrogens with two attached hydrogens (primary N) is 1. The average Bonchev–Trinajstić information content (AvgIpc) is 2.48. The van der Waals surface area contributed by atoms with Crippen LogP contribution in [0.3, 0.4) is 0 Å². The van der Waals surface area contributed by atoms with E-state index in [1.54, 1.807) is 7.11 Å². The number of nitrogen functional groups attached to an aromatic ring is 1. The number of benzene rings is 2. The monoisotopic (exact) mass is 284 g/mol. The van der Waals surface area contributed by atoms with E-state index in [4.69, 9.17) is 10.5 Å². The third-order valence-corrected chi connectivity index (χ3v) is 3.57. The molecule has 3 nitrogen and oxygen atoms in total. The van der Waals surface area contributed by atoms with Gasteiger partial charge in [0.05, 0.1) is 7.11 Å². The van der Waals surface area contributed by atoms with Gasteiger partial charge in [0, 0.05) is 12.2 Å². The molecule has 0 spiro atoms. The lowest BCUT2D eigenvalue weighted by molar-refractivity contribution is 0.322. The lowest BCUT2D eigenvalue weighted by Gasteiger charge is -2.17. The zero-order valence-electron chi connectivity index (χ0n) is 12.9. The standard InChI is InChI=1S/C18H24N2O/c1-20(14-16-8-10-18(21-2)11-9-16)12-4-6-15-5-3-7-17(19)13-15/h3,5,7-11,13H,4,6,12,14,19H2,1-2H3. The Hall–Kier alpha value is -2.00. The van der Waals surface area contributed by atoms with Gasteiger partial charge in [0.25, 0.3) is 0 Å². The molecule has 2 aromatic carbocycles. The third-order valence-electron chi connectivity index (χ3n) is 3.57. The highest BCUT2D eigenvalue weighted by Gasteiger charge is 2.02. The van der Waals surface area contributed by atoms with Crippen LogP contribution in [0.5, 0.6) is 5.75 Å². The second-order valence-corrected chi connectivity index (χ2v) is 5.43. The van der Waals surface area contributed by atoms with Gasteiger partial charge in [-0.15, -0.1) is 0 Å². The molecule has 112 valence electrons. The number of ether oxygens (including phenoxy) is 1. The summed E-state index contributed by atoms with van der Waals surface area (Å²) in [6.07, 6.45) is 2.20. The molecule has 0 aliphatic carbocycles. The Labute approximate surface area is 127 Å². The van der Waals surface area contributed by atoms with Gasteiger partial charge in [-0.1, -0.05) is 24.3 Å². The summed E-state index contributed by atoms with van der Waals surface area (Å²) in [5.41, 5.74) is 9.26. The molecule has 2 rings (SSSR count). The largest absolute Gasteiger partial charge is 0.497 e. The molecule has 0 bridgehead atoms. The van der Waals surface area contributed by atoms with Gasteiger partial charge < -0.3 is 15.4 Å². The quantitative estimate of drug-likeness (QED) is 0.793. The van der Waals surface area contributed by atoms with Crippen LogP contribution in [0.2, 0.25) is 0 Å². The maximum absolute atomic E-state index is 5.80. The molecule has 3 heteroatoms. The molecule has 0 aliphatic heterocycles. The molecule has 0 saturated heterocycles. The highest BCUT2D eigenvalue weighted by Crippen LogP contribution is 2.13. The van der Waals surface area contributed by atoms with Crippen molar-refractivity contribution in [3.63, 3.8) is 0 Å². The van der Waals surface area contributed by atoms with Gasteiger partial charge in [-0.25, -0.2) is 0 Å². The van der Waals surface area contributed by atoms with Crippen molar-refractivity contribution in [2.45, 2.75) is 19.4 Å². The van der Waals surface area contributed by atoms with Crippen molar-refractivity contribution in [1.82, 2.24) is 4.90 Å². The van der Waals surface area contributed by atoms with Crippen molar-refractivity contribution in [2.24, 2.45) is 0 Å². The van der Waals surface area contributed by atoms with Crippen molar-refractivity contribution in [3.05, 3.63) is 59.7 Å². The first-order valence-corrected chi connectivity index (χ1v) is 7.33. The molecule has 0 radical (unpaired) electrons. The van der Waals surface area contributed by atoms with E-state index >= 15 is 0 Å². The van der Waals surface area contributed by atoms with Crippen molar-refractivity contribution >= 4 is 5.69 Å². The normalized spacial score (nSPS) is 10.8. The number of rotatable bonds is 7. The van der Waals surface area contributed by atoms with Crippen molar-refractivity contribution in [3.8, 4) is 5.75 Å². The summed E-state index contributed by atoms with van der Waals surface area (Å²) in [7, 11) is 3.85. The molecule has 21 heavy (non-hydrogen) atoms. The Morgan fingerprint density at radius 3 is 2.48 bits per heavy atom. The van der Waals surface area contributed by atoms with E-state index in [1.807, 2.05) is 24.3 Å². The Balaban J connectivity index is 1.75. The lowest BCUT2D eigenvalue weighted by Crippen LogP contribution is -2.19. The first-order valence-electron chi connectivity index (χ1n) is 7.33. The number of methoxy groups -OCH3 is 1. The molecule has 0 saturated carbocycles. The molecule has 0 amide bonds. The number of nitrogens with zero attached hydrogens (tertiary/aromatic N) is 1. The Bertz CT molecular complexity index is 551. The number of hydrogen-bond acceptors (Lipinski definition) is 3. The van der Waals surface area contributed by atoms with Crippen molar-refractivity contribution in [1.29, 1.82) is 0 Å². The minimum atomic E-state index is 0.846. The van der Waals surface area contributed by atoms with E-state index < -0.39 is 0 Å². The SMILES string of the molecule is COc1ccc(CN(C)CCCc2cccc(N)c2)cc1. The van der Waals surface area contributed by atoms with Crippen LogP contribution in [0.4, 0.5) is 5.69 Å².